The number of nitrogens with zero attached hydrogens (tertiary/aromatic N) is 1. The van der Waals surface area contributed by atoms with Crippen LogP contribution in [0.1, 0.15) is 5.56 Å². The Hall–Kier alpha value is -1.76. The van der Waals surface area contributed by atoms with E-state index >= 15 is 0 Å². The standard InChI is InChI=1S/C13H11N/c1-10-9-11-5-4-8-14(11)13-7-3-2-6-12(10)13/h2-9H,1H3. The van der Waals surface area contributed by atoms with Gasteiger partial charge in [-0.15, -0.1) is 0 Å². The third-order valence-electron chi connectivity index (χ3n) is 2.73. The van der Waals surface area contributed by atoms with Gasteiger partial charge in [-0.3, -0.25) is 0 Å². The largest absolute Gasteiger partial charge is 0.317 e. The van der Waals surface area contributed by atoms with E-state index in [1.807, 2.05) is 0 Å². The molecule has 2 heterocycles. The maximum Gasteiger partial charge on any atom is 0.0530 e. The highest BCUT2D eigenvalue weighted by Gasteiger charge is 2.01. The van der Waals surface area contributed by atoms with Gasteiger partial charge < -0.3 is 4.40 Å². The number of rotatable bonds is 0. The molecule has 0 aliphatic heterocycles. The zero-order valence-corrected chi connectivity index (χ0v) is 8.07. The molecule has 0 amide bonds. The first-order valence-corrected chi connectivity index (χ1v) is 4.82. The van der Waals surface area contributed by atoms with E-state index < -0.39 is 0 Å². The van der Waals surface area contributed by atoms with Crippen molar-refractivity contribution >= 4 is 16.4 Å². The maximum absolute atomic E-state index is 2.22. The molecule has 0 saturated carbocycles. The zero-order chi connectivity index (χ0) is 9.54. The fourth-order valence-electron chi connectivity index (χ4n) is 2.05. The fourth-order valence-corrected chi connectivity index (χ4v) is 2.05. The molecule has 68 valence electrons. The number of aryl methyl sites for hydroxylation is 1. The van der Waals surface area contributed by atoms with Gasteiger partial charge in [-0.05, 0) is 36.8 Å². The maximum atomic E-state index is 2.22. The molecule has 0 fully saturated rings. The number of pyridine rings is 1. The van der Waals surface area contributed by atoms with Crippen molar-refractivity contribution in [1.29, 1.82) is 0 Å². The molecule has 3 aromatic rings. The second kappa shape index (κ2) is 2.61. The first-order valence-electron chi connectivity index (χ1n) is 4.82. The molecule has 1 nitrogen and oxygen atoms in total. The predicted molar refractivity (Wildman–Crippen MR) is 59.6 cm³/mol. The first-order chi connectivity index (χ1) is 6.86. The summed E-state index contributed by atoms with van der Waals surface area (Å²) in [5.41, 5.74) is 3.89. The molecule has 0 atom stereocenters. The summed E-state index contributed by atoms with van der Waals surface area (Å²) in [5.74, 6) is 0. The molecule has 0 bridgehead atoms. The molecule has 1 aromatic carbocycles. The molecule has 0 radical (unpaired) electrons. The molecule has 3 rings (SSSR count). The summed E-state index contributed by atoms with van der Waals surface area (Å²) in [6, 6.07) is 15.0. The lowest BCUT2D eigenvalue weighted by Gasteiger charge is -2.05. The predicted octanol–water partition coefficient (Wildman–Crippen LogP) is 3.40. The Balaban J connectivity index is 2.67. The molecular formula is C13H11N. The van der Waals surface area contributed by atoms with Crippen LogP contribution in [0.15, 0.2) is 48.7 Å². The Kier molecular flexibility index (Phi) is 1.42. The van der Waals surface area contributed by atoms with Gasteiger partial charge in [0.05, 0.1) is 5.52 Å². The fraction of sp³-hybridized carbons (Fsp3) is 0.0769. The van der Waals surface area contributed by atoms with Crippen molar-refractivity contribution in [3.8, 4) is 0 Å². The van der Waals surface area contributed by atoms with Gasteiger partial charge in [-0.2, -0.15) is 0 Å². The van der Waals surface area contributed by atoms with E-state index in [0.717, 1.165) is 0 Å². The number of hydrogen-bond donors (Lipinski definition) is 0. The van der Waals surface area contributed by atoms with Gasteiger partial charge in [0.15, 0.2) is 0 Å². The number of fused-ring (bicyclic) bond motifs is 3. The molecule has 0 aliphatic carbocycles. The Bertz CT molecular complexity index is 605. The van der Waals surface area contributed by atoms with Gasteiger partial charge in [0.2, 0.25) is 0 Å². The van der Waals surface area contributed by atoms with E-state index in [9.17, 15) is 0 Å². The first kappa shape index (κ1) is 7.63. The molecule has 1 heteroatoms. The van der Waals surface area contributed by atoms with Gasteiger partial charge in [0.25, 0.3) is 0 Å². The summed E-state index contributed by atoms with van der Waals surface area (Å²) in [7, 11) is 0. The quantitative estimate of drug-likeness (QED) is 0.500. The van der Waals surface area contributed by atoms with E-state index in [0.29, 0.717) is 0 Å². The Morgan fingerprint density at radius 1 is 1.00 bits per heavy atom. The van der Waals surface area contributed by atoms with Crippen molar-refractivity contribution in [3.05, 3.63) is 54.2 Å². The summed E-state index contributed by atoms with van der Waals surface area (Å²) in [6.07, 6.45) is 2.11. The van der Waals surface area contributed by atoms with Crippen molar-refractivity contribution < 1.29 is 0 Å². The normalized spacial score (nSPS) is 11.2. The summed E-state index contributed by atoms with van der Waals surface area (Å²) >= 11 is 0. The monoisotopic (exact) mass is 181 g/mol. The van der Waals surface area contributed by atoms with Gasteiger partial charge in [0.1, 0.15) is 0 Å². The van der Waals surface area contributed by atoms with Crippen LogP contribution < -0.4 is 0 Å². The second-order valence-electron chi connectivity index (χ2n) is 3.65. The molecule has 0 aliphatic rings. The Labute approximate surface area is 82.6 Å². The van der Waals surface area contributed by atoms with Crippen molar-refractivity contribution in [1.82, 2.24) is 4.40 Å². The molecule has 2 aromatic heterocycles. The minimum atomic E-state index is 1.27. The van der Waals surface area contributed by atoms with Gasteiger partial charge in [0, 0.05) is 17.1 Å². The van der Waals surface area contributed by atoms with Gasteiger partial charge >= 0.3 is 0 Å². The van der Waals surface area contributed by atoms with Crippen LogP contribution in [-0.4, -0.2) is 4.40 Å². The van der Waals surface area contributed by atoms with Crippen LogP contribution >= 0.6 is 0 Å². The number of benzene rings is 1. The third-order valence-corrected chi connectivity index (χ3v) is 2.73. The molecule has 0 unspecified atom stereocenters. The van der Waals surface area contributed by atoms with Crippen molar-refractivity contribution in [2.45, 2.75) is 6.92 Å². The Morgan fingerprint density at radius 2 is 1.86 bits per heavy atom. The van der Waals surface area contributed by atoms with Crippen LogP contribution in [0.2, 0.25) is 0 Å². The molecular weight excluding hydrogens is 170 g/mol. The average Bonchev–Trinajstić information content (AvgIpc) is 2.66. The smallest absolute Gasteiger partial charge is 0.0530 e. The summed E-state index contributed by atoms with van der Waals surface area (Å²) in [5, 5.41) is 1.33. The zero-order valence-electron chi connectivity index (χ0n) is 8.07. The van der Waals surface area contributed by atoms with Crippen LogP contribution in [-0.2, 0) is 0 Å². The topological polar surface area (TPSA) is 4.41 Å². The van der Waals surface area contributed by atoms with E-state index in [-0.39, 0.29) is 0 Å². The number of aromatic nitrogens is 1. The highest BCUT2D eigenvalue weighted by atomic mass is 14.9. The molecule has 0 spiro atoms. The van der Waals surface area contributed by atoms with Gasteiger partial charge in [-0.1, -0.05) is 18.2 Å². The van der Waals surface area contributed by atoms with E-state index in [1.54, 1.807) is 0 Å². The van der Waals surface area contributed by atoms with E-state index in [4.69, 9.17) is 0 Å². The highest BCUT2D eigenvalue weighted by molar-refractivity contribution is 5.86. The summed E-state index contributed by atoms with van der Waals surface area (Å²) in [4.78, 5) is 0. The molecule has 0 N–H and O–H groups in total. The number of hydrogen-bond acceptors (Lipinski definition) is 0. The average molecular weight is 181 g/mol. The van der Waals surface area contributed by atoms with Crippen molar-refractivity contribution in [3.63, 3.8) is 0 Å². The van der Waals surface area contributed by atoms with Gasteiger partial charge in [-0.25, -0.2) is 0 Å². The van der Waals surface area contributed by atoms with Crippen LogP contribution in [0.4, 0.5) is 0 Å². The lowest BCUT2D eigenvalue weighted by Crippen LogP contribution is -1.88. The van der Waals surface area contributed by atoms with E-state index in [1.165, 1.54) is 22.0 Å². The van der Waals surface area contributed by atoms with Crippen LogP contribution in [0, 0.1) is 6.92 Å². The lowest BCUT2D eigenvalue weighted by atomic mass is 10.1. The van der Waals surface area contributed by atoms with Crippen molar-refractivity contribution in [2.24, 2.45) is 0 Å². The molecule has 0 saturated heterocycles. The third kappa shape index (κ3) is 0.896. The lowest BCUT2D eigenvalue weighted by molar-refractivity contribution is 1.26. The van der Waals surface area contributed by atoms with E-state index in [2.05, 4.69) is 60.0 Å². The highest BCUT2D eigenvalue weighted by Crippen LogP contribution is 2.21. The summed E-state index contributed by atoms with van der Waals surface area (Å²) < 4.78 is 2.22. The SMILES string of the molecule is Cc1cc2cccn2c2ccccc12. The minimum Gasteiger partial charge on any atom is -0.317 e. The minimum absolute atomic E-state index is 1.27. The molecule has 14 heavy (non-hydrogen) atoms. The van der Waals surface area contributed by atoms with Crippen LogP contribution in [0.3, 0.4) is 0 Å². The van der Waals surface area contributed by atoms with Crippen molar-refractivity contribution in [2.75, 3.05) is 0 Å². The summed E-state index contributed by atoms with van der Waals surface area (Å²) in [6.45, 7) is 2.16. The number of para-hydroxylation sites is 1. The Morgan fingerprint density at radius 3 is 2.79 bits per heavy atom. The van der Waals surface area contributed by atoms with Crippen LogP contribution in [0.25, 0.3) is 16.4 Å². The van der Waals surface area contributed by atoms with Crippen LogP contribution in [0.5, 0.6) is 0 Å². The second-order valence-corrected chi connectivity index (χ2v) is 3.65.